The fourth-order valence-electron chi connectivity index (χ4n) is 5.45. The lowest BCUT2D eigenvalue weighted by molar-refractivity contribution is -0.337. The number of alkyl halides is 4. The number of hydrogen-bond acceptors (Lipinski definition) is 1. The lowest BCUT2D eigenvalue weighted by Gasteiger charge is -2.41. The second kappa shape index (κ2) is 11.3. The summed E-state index contributed by atoms with van der Waals surface area (Å²) in [5.74, 6) is -5.43. The number of rotatable bonds is 10. The summed E-state index contributed by atoms with van der Waals surface area (Å²) in [6.07, 6.45) is 3.14. The van der Waals surface area contributed by atoms with E-state index in [-0.39, 0.29) is 18.2 Å². The van der Waals surface area contributed by atoms with Crippen molar-refractivity contribution in [3.8, 4) is 0 Å². The number of benzene rings is 1. The lowest BCUT2D eigenvalue weighted by Crippen LogP contribution is -2.49. The number of unbranched alkanes of at least 4 members (excludes halogenated alkanes) is 2. The lowest BCUT2D eigenvalue weighted by atomic mass is 9.76. The predicted molar refractivity (Wildman–Crippen MR) is 116 cm³/mol. The van der Waals surface area contributed by atoms with Crippen LogP contribution in [0, 0.1) is 23.6 Å². The molecular formula is C26H37F5O. The van der Waals surface area contributed by atoms with Crippen molar-refractivity contribution in [2.75, 3.05) is 0 Å². The summed E-state index contributed by atoms with van der Waals surface area (Å²) in [5, 5.41) is 0. The second-order valence-electron chi connectivity index (χ2n) is 9.94. The van der Waals surface area contributed by atoms with Crippen LogP contribution in [0.5, 0.6) is 0 Å². The summed E-state index contributed by atoms with van der Waals surface area (Å²) in [5.41, 5.74) is 1.06. The van der Waals surface area contributed by atoms with Crippen LogP contribution in [-0.4, -0.2) is 18.1 Å². The average molecular weight is 461 g/mol. The molecule has 0 radical (unpaired) electrons. The minimum atomic E-state index is -3.79. The molecule has 2 atom stereocenters. The van der Waals surface area contributed by atoms with Gasteiger partial charge in [-0.2, -0.15) is 8.78 Å². The molecule has 182 valence electrons. The molecule has 0 amide bonds. The summed E-state index contributed by atoms with van der Waals surface area (Å²) in [6, 6.07) is 6.42. The van der Waals surface area contributed by atoms with Crippen molar-refractivity contribution in [1.29, 1.82) is 0 Å². The minimum absolute atomic E-state index is 0.167. The van der Waals surface area contributed by atoms with Crippen molar-refractivity contribution in [3.05, 3.63) is 35.6 Å². The molecular weight excluding hydrogens is 423 g/mol. The van der Waals surface area contributed by atoms with E-state index in [1.165, 1.54) is 12.1 Å². The zero-order valence-electron chi connectivity index (χ0n) is 19.1. The highest BCUT2D eigenvalue weighted by Crippen LogP contribution is 2.50. The summed E-state index contributed by atoms with van der Waals surface area (Å²) in [6.45, 7) is 2.06. The van der Waals surface area contributed by atoms with Gasteiger partial charge in [0.15, 0.2) is 0 Å². The molecule has 6 heteroatoms. The molecule has 0 heterocycles. The van der Waals surface area contributed by atoms with E-state index >= 15 is 0 Å². The highest BCUT2D eigenvalue weighted by atomic mass is 19.3. The van der Waals surface area contributed by atoms with Gasteiger partial charge in [0.25, 0.3) is 5.92 Å². The Hall–Kier alpha value is -1.17. The SMILES string of the molecule is CCCCCC1CCC(C(F)(F)OC2CCC(CCc3ccc(F)cc3)CC2)C(F)(F)C1. The molecule has 2 aliphatic rings. The van der Waals surface area contributed by atoms with Crippen LogP contribution >= 0.6 is 0 Å². The van der Waals surface area contributed by atoms with Crippen LogP contribution in [-0.2, 0) is 11.2 Å². The molecule has 0 spiro atoms. The van der Waals surface area contributed by atoms with Crippen LogP contribution < -0.4 is 0 Å². The number of hydrogen-bond donors (Lipinski definition) is 0. The molecule has 2 unspecified atom stereocenters. The fraction of sp³-hybridized carbons (Fsp3) is 0.769. The van der Waals surface area contributed by atoms with E-state index in [1.807, 2.05) is 0 Å². The second-order valence-corrected chi connectivity index (χ2v) is 9.94. The van der Waals surface area contributed by atoms with Crippen LogP contribution in [0.1, 0.15) is 89.5 Å². The van der Waals surface area contributed by atoms with E-state index in [9.17, 15) is 22.0 Å². The normalized spacial score (nSPS) is 28.6. The van der Waals surface area contributed by atoms with Gasteiger partial charge in [-0.25, -0.2) is 13.2 Å². The standard InChI is InChI=1S/C26H37F5O/c1-2-3-4-5-21-12-17-24(25(28,29)18-21)26(30,31)32-23-15-10-20(11-16-23)7-6-19-8-13-22(27)14-9-19/h8-9,13-14,20-21,23-24H,2-7,10-12,15-18H2,1H3. The zero-order valence-corrected chi connectivity index (χ0v) is 19.1. The Labute approximate surface area is 189 Å². The van der Waals surface area contributed by atoms with Gasteiger partial charge in [0.05, 0.1) is 6.10 Å². The Morgan fingerprint density at radius 2 is 1.56 bits per heavy atom. The van der Waals surface area contributed by atoms with E-state index < -0.39 is 30.5 Å². The predicted octanol–water partition coefficient (Wildman–Crippen LogP) is 8.56. The fourth-order valence-corrected chi connectivity index (χ4v) is 5.45. The Bertz CT molecular complexity index is 682. The van der Waals surface area contributed by atoms with Gasteiger partial charge in [-0.1, -0.05) is 44.7 Å². The van der Waals surface area contributed by atoms with Gasteiger partial charge in [-0.05, 0) is 80.9 Å². The molecule has 1 nitrogen and oxygen atoms in total. The van der Waals surface area contributed by atoms with Crippen molar-refractivity contribution >= 4 is 0 Å². The molecule has 3 rings (SSSR count). The van der Waals surface area contributed by atoms with Crippen molar-refractivity contribution in [3.63, 3.8) is 0 Å². The Balaban J connectivity index is 1.43. The molecule has 0 N–H and O–H groups in total. The molecule has 2 fully saturated rings. The van der Waals surface area contributed by atoms with E-state index in [2.05, 4.69) is 6.92 Å². The Morgan fingerprint density at radius 3 is 2.19 bits per heavy atom. The first-order valence-electron chi connectivity index (χ1n) is 12.4. The largest absolute Gasteiger partial charge is 0.364 e. The molecule has 2 aliphatic carbocycles. The third-order valence-electron chi connectivity index (χ3n) is 7.43. The minimum Gasteiger partial charge on any atom is -0.317 e. The van der Waals surface area contributed by atoms with E-state index in [1.54, 1.807) is 12.1 Å². The van der Waals surface area contributed by atoms with E-state index in [4.69, 9.17) is 4.74 Å². The first-order chi connectivity index (χ1) is 15.2. The van der Waals surface area contributed by atoms with Crippen LogP contribution in [0.15, 0.2) is 24.3 Å². The van der Waals surface area contributed by atoms with E-state index in [0.717, 1.165) is 50.5 Å². The number of ether oxygens (including phenoxy) is 1. The van der Waals surface area contributed by atoms with Crippen LogP contribution in [0.2, 0.25) is 0 Å². The van der Waals surface area contributed by atoms with Crippen molar-refractivity contribution in [1.82, 2.24) is 0 Å². The third-order valence-corrected chi connectivity index (χ3v) is 7.43. The first-order valence-corrected chi connectivity index (χ1v) is 12.4. The number of halogens is 5. The smallest absolute Gasteiger partial charge is 0.317 e. The van der Waals surface area contributed by atoms with Gasteiger partial charge in [0, 0.05) is 6.42 Å². The van der Waals surface area contributed by atoms with Crippen LogP contribution in [0.25, 0.3) is 0 Å². The highest BCUT2D eigenvalue weighted by Gasteiger charge is 2.58. The summed E-state index contributed by atoms with van der Waals surface area (Å²) >= 11 is 0. The maximum atomic E-state index is 14.8. The van der Waals surface area contributed by atoms with Gasteiger partial charge < -0.3 is 4.74 Å². The van der Waals surface area contributed by atoms with Crippen molar-refractivity contribution in [2.45, 2.75) is 109 Å². The number of aryl methyl sites for hydroxylation is 1. The first kappa shape index (κ1) is 25.5. The molecule has 0 aliphatic heterocycles. The highest BCUT2D eigenvalue weighted by molar-refractivity contribution is 5.16. The Morgan fingerprint density at radius 1 is 0.906 bits per heavy atom. The average Bonchev–Trinajstić information content (AvgIpc) is 2.73. The van der Waals surface area contributed by atoms with Crippen LogP contribution in [0.3, 0.4) is 0 Å². The van der Waals surface area contributed by atoms with Crippen molar-refractivity contribution < 1.29 is 26.7 Å². The van der Waals surface area contributed by atoms with Gasteiger partial charge in [-0.15, -0.1) is 0 Å². The van der Waals surface area contributed by atoms with Gasteiger partial charge >= 0.3 is 6.11 Å². The molecule has 0 aromatic heterocycles. The van der Waals surface area contributed by atoms with Crippen molar-refractivity contribution in [2.24, 2.45) is 17.8 Å². The zero-order chi connectivity index (χ0) is 23.2. The van der Waals surface area contributed by atoms with Gasteiger partial charge in [0.1, 0.15) is 11.7 Å². The molecule has 0 bridgehead atoms. The molecule has 0 saturated heterocycles. The molecule has 1 aromatic rings. The summed E-state index contributed by atoms with van der Waals surface area (Å²) in [7, 11) is 0. The monoisotopic (exact) mass is 460 g/mol. The van der Waals surface area contributed by atoms with Gasteiger partial charge in [-0.3, -0.25) is 0 Å². The maximum Gasteiger partial charge on any atom is 0.364 e. The summed E-state index contributed by atoms with van der Waals surface area (Å²) in [4.78, 5) is 0. The van der Waals surface area contributed by atoms with E-state index in [0.29, 0.717) is 31.6 Å². The topological polar surface area (TPSA) is 9.23 Å². The molecule has 32 heavy (non-hydrogen) atoms. The quantitative estimate of drug-likeness (QED) is 0.251. The molecule has 1 aromatic carbocycles. The summed E-state index contributed by atoms with van der Waals surface area (Å²) < 4.78 is 76.9. The maximum absolute atomic E-state index is 14.8. The van der Waals surface area contributed by atoms with Crippen LogP contribution in [0.4, 0.5) is 22.0 Å². The van der Waals surface area contributed by atoms with Gasteiger partial charge in [0.2, 0.25) is 0 Å². The third kappa shape index (κ3) is 7.16. The Kier molecular flexibility index (Phi) is 8.99. The molecule has 2 saturated carbocycles.